The third-order valence-corrected chi connectivity index (χ3v) is 3.11. The summed E-state index contributed by atoms with van der Waals surface area (Å²) in [6.45, 7) is -0.0248. The van der Waals surface area contributed by atoms with Gasteiger partial charge in [0.2, 0.25) is 0 Å². The summed E-state index contributed by atoms with van der Waals surface area (Å²) in [6.07, 6.45) is 1.97. The Balaban J connectivity index is 2.21. The molecule has 1 aromatic carbocycles. The fourth-order valence-corrected chi connectivity index (χ4v) is 2.06. The van der Waals surface area contributed by atoms with Gasteiger partial charge in [0, 0.05) is 18.7 Å². The minimum absolute atomic E-state index is 0.0248. The number of nitro groups is 1. The number of hydrogen-bond donors (Lipinski definition) is 2. The van der Waals surface area contributed by atoms with E-state index in [-0.39, 0.29) is 23.4 Å². The zero-order valence-electron chi connectivity index (χ0n) is 10.5. The first-order valence-corrected chi connectivity index (χ1v) is 6.34. The number of nitrogens with one attached hydrogen (secondary N) is 1. The molecule has 0 amide bonds. The van der Waals surface area contributed by atoms with Gasteiger partial charge in [-0.25, -0.2) is 0 Å². The van der Waals surface area contributed by atoms with Crippen LogP contribution in [0.1, 0.15) is 18.2 Å². The lowest BCUT2D eigenvalue weighted by molar-refractivity contribution is -0.384. The first-order valence-electron chi connectivity index (χ1n) is 5.96. The molecule has 0 radical (unpaired) electrons. The maximum atomic E-state index is 10.7. The van der Waals surface area contributed by atoms with Gasteiger partial charge in [-0.15, -0.1) is 0 Å². The molecule has 0 aliphatic carbocycles. The quantitative estimate of drug-likeness (QED) is 0.630. The van der Waals surface area contributed by atoms with Crippen molar-refractivity contribution < 1.29 is 14.4 Å². The normalized spacial score (nSPS) is 12.1. The fraction of sp³-hybridized carbons (Fsp3) is 0.231. The molecule has 0 saturated heterocycles. The summed E-state index contributed by atoms with van der Waals surface area (Å²) in [5.74, 6) is 0.661. The molecule has 6 nitrogen and oxygen atoms in total. The molecule has 0 aliphatic rings. The Morgan fingerprint density at radius 3 is 2.80 bits per heavy atom. The van der Waals surface area contributed by atoms with Gasteiger partial charge in [0.05, 0.1) is 27.9 Å². The van der Waals surface area contributed by atoms with Crippen molar-refractivity contribution in [1.82, 2.24) is 0 Å². The monoisotopic (exact) mass is 296 g/mol. The second-order valence-electron chi connectivity index (χ2n) is 4.15. The van der Waals surface area contributed by atoms with E-state index >= 15 is 0 Å². The van der Waals surface area contributed by atoms with Crippen LogP contribution < -0.4 is 5.32 Å². The number of halogens is 1. The van der Waals surface area contributed by atoms with Crippen molar-refractivity contribution in [1.29, 1.82) is 0 Å². The molecular weight excluding hydrogens is 284 g/mol. The van der Waals surface area contributed by atoms with Crippen LogP contribution in [0.25, 0.3) is 0 Å². The number of hydrogen-bond acceptors (Lipinski definition) is 5. The molecule has 7 heteroatoms. The van der Waals surface area contributed by atoms with Crippen LogP contribution in [0.2, 0.25) is 5.02 Å². The Kier molecular flexibility index (Phi) is 4.60. The SMILES string of the molecule is O=[N+]([O-])c1ccc(NC(CCO)c2ccco2)c(Cl)c1. The highest BCUT2D eigenvalue weighted by molar-refractivity contribution is 6.33. The summed E-state index contributed by atoms with van der Waals surface area (Å²) in [7, 11) is 0. The van der Waals surface area contributed by atoms with E-state index in [0.29, 0.717) is 17.9 Å². The van der Waals surface area contributed by atoms with Crippen LogP contribution in [-0.4, -0.2) is 16.6 Å². The molecule has 20 heavy (non-hydrogen) atoms. The average Bonchev–Trinajstić information content (AvgIpc) is 2.94. The van der Waals surface area contributed by atoms with Crippen molar-refractivity contribution in [3.63, 3.8) is 0 Å². The van der Waals surface area contributed by atoms with Gasteiger partial charge >= 0.3 is 0 Å². The van der Waals surface area contributed by atoms with Crippen LogP contribution in [0, 0.1) is 10.1 Å². The molecule has 0 fully saturated rings. The lowest BCUT2D eigenvalue weighted by atomic mass is 10.1. The van der Waals surface area contributed by atoms with Crippen molar-refractivity contribution in [2.45, 2.75) is 12.5 Å². The number of aliphatic hydroxyl groups excluding tert-OH is 1. The zero-order chi connectivity index (χ0) is 14.5. The van der Waals surface area contributed by atoms with Gasteiger partial charge in [-0.2, -0.15) is 0 Å². The Hall–Kier alpha value is -2.05. The number of benzene rings is 1. The number of aliphatic hydroxyl groups is 1. The molecule has 2 rings (SSSR count). The number of anilines is 1. The van der Waals surface area contributed by atoms with Gasteiger partial charge in [0.1, 0.15) is 5.76 Å². The van der Waals surface area contributed by atoms with Crippen molar-refractivity contribution in [3.8, 4) is 0 Å². The molecule has 0 aliphatic heterocycles. The Morgan fingerprint density at radius 2 is 2.25 bits per heavy atom. The number of non-ortho nitro benzene ring substituents is 1. The highest BCUT2D eigenvalue weighted by Gasteiger charge is 2.16. The van der Waals surface area contributed by atoms with Crippen molar-refractivity contribution in [3.05, 3.63) is 57.5 Å². The smallest absolute Gasteiger partial charge is 0.271 e. The van der Waals surface area contributed by atoms with E-state index < -0.39 is 4.92 Å². The maximum absolute atomic E-state index is 10.7. The lowest BCUT2D eigenvalue weighted by Crippen LogP contribution is -2.12. The van der Waals surface area contributed by atoms with E-state index in [9.17, 15) is 10.1 Å². The van der Waals surface area contributed by atoms with Gasteiger partial charge in [-0.05, 0) is 24.6 Å². The van der Waals surface area contributed by atoms with Gasteiger partial charge in [-0.1, -0.05) is 11.6 Å². The standard InChI is InChI=1S/C13H13ClN2O4/c14-10-8-9(16(18)19)3-4-11(10)15-12(5-6-17)13-2-1-7-20-13/h1-4,7-8,12,15,17H,5-6H2. The van der Waals surface area contributed by atoms with Crippen molar-refractivity contribution in [2.24, 2.45) is 0 Å². The second-order valence-corrected chi connectivity index (χ2v) is 4.55. The fourth-order valence-electron chi connectivity index (χ4n) is 1.83. The molecule has 2 aromatic rings. The molecular formula is C13H13ClN2O4. The van der Waals surface area contributed by atoms with Gasteiger partial charge < -0.3 is 14.8 Å². The second kappa shape index (κ2) is 6.40. The number of nitro benzene ring substituents is 1. The summed E-state index contributed by atoms with van der Waals surface area (Å²) < 4.78 is 5.30. The number of furan rings is 1. The van der Waals surface area contributed by atoms with Gasteiger partial charge in [0.15, 0.2) is 0 Å². The third kappa shape index (κ3) is 3.28. The molecule has 1 atom stereocenters. The minimum Gasteiger partial charge on any atom is -0.467 e. The summed E-state index contributed by atoms with van der Waals surface area (Å²) in [4.78, 5) is 10.1. The molecule has 0 spiro atoms. The molecule has 2 N–H and O–H groups in total. The predicted molar refractivity (Wildman–Crippen MR) is 74.9 cm³/mol. The lowest BCUT2D eigenvalue weighted by Gasteiger charge is -2.17. The highest BCUT2D eigenvalue weighted by atomic mass is 35.5. The van der Waals surface area contributed by atoms with Gasteiger partial charge in [-0.3, -0.25) is 10.1 Å². The third-order valence-electron chi connectivity index (χ3n) is 2.80. The van der Waals surface area contributed by atoms with Crippen LogP contribution in [0.15, 0.2) is 41.0 Å². The average molecular weight is 297 g/mol. The van der Waals surface area contributed by atoms with Crippen molar-refractivity contribution in [2.75, 3.05) is 11.9 Å². The van der Waals surface area contributed by atoms with Gasteiger partial charge in [0.25, 0.3) is 5.69 Å². The van der Waals surface area contributed by atoms with Crippen LogP contribution >= 0.6 is 11.6 Å². The van der Waals surface area contributed by atoms with E-state index in [0.717, 1.165) is 0 Å². The van der Waals surface area contributed by atoms with Crippen LogP contribution in [0.5, 0.6) is 0 Å². The summed E-state index contributed by atoms with van der Waals surface area (Å²) >= 11 is 6.02. The summed E-state index contributed by atoms with van der Waals surface area (Å²) in [6, 6.07) is 7.46. The predicted octanol–water partition coefficient (Wildman–Crippen LogP) is 3.38. The highest BCUT2D eigenvalue weighted by Crippen LogP contribution is 2.30. The summed E-state index contributed by atoms with van der Waals surface area (Å²) in [5, 5.41) is 23.1. The summed E-state index contributed by atoms with van der Waals surface area (Å²) in [5.41, 5.74) is 0.476. The minimum atomic E-state index is -0.507. The van der Waals surface area contributed by atoms with E-state index in [1.54, 1.807) is 18.4 Å². The number of rotatable bonds is 6. The molecule has 106 valence electrons. The van der Waals surface area contributed by atoms with Crippen LogP contribution in [0.4, 0.5) is 11.4 Å². The van der Waals surface area contributed by atoms with Crippen LogP contribution in [-0.2, 0) is 0 Å². The van der Waals surface area contributed by atoms with Crippen LogP contribution in [0.3, 0.4) is 0 Å². The molecule has 1 heterocycles. The number of nitrogens with zero attached hydrogens (tertiary/aromatic N) is 1. The maximum Gasteiger partial charge on any atom is 0.271 e. The Labute approximate surface area is 120 Å². The first kappa shape index (κ1) is 14.4. The molecule has 0 bridgehead atoms. The van der Waals surface area contributed by atoms with E-state index in [1.165, 1.54) is 18.2 Å². The Bertz CT molecular complexity index is 586. The van der Waals surface area contributed by atoms with E-state index in [1.807, 2.05) is 0 Å². The van der Waals surface area contributed by atoms with E-state index in [2.05, 4.69) is 5.32 Å². The largest absolute Gasteiger partial charge is 0.467 e. The Morgan fingerprint density at radius 1 is 1.45 bits per heavy atom. The van der Waals surface area contributed by atoms with E-state index in [4.69, 9.17) is 21.1 Å². The first-order chi connectivity index (χ1) is 9.61. The molecule has 1 aromatic heterocycles. The topological polar surface area (TPSA) is 88.5 Å². The molecule has 0 saturated carbocycles. The molecule has 1 unspecified atom stereocenters. The van der Waals surface area contributed by atoms with Crippen molar-refractivity contribution >= 4 is 23.0 Å². The zero-order valence-corrected chi connectivity index (χ0v) is 11.2.